The van der Waals surface area contributed by atoms with Gasteiger partial charge in [0.2, 0.25) is 17.6 Å². The SMILES string of the molecule is Cc1ccc([C@@H](NC(=O)CCc2nc(-c3ccco3)no2)c2ccccc2)cc1. The average Bonchev–Trinajstić information content (AvgIpc) is 3.44. The lowest BCUT2D eigenvalue weighted by atomic mass is 9.97. The number of furan rings is 1. The van der Waals surface area contributed by atoms with Crippen LogP contribution >= 0.6 is 0 Å². The van der Waals surface area contributed by atoms with Crippen LogP contribution in [-0.4, -0.2) is 16.0 Å². The van der Waals surface area contributed by atoms with Crippen molar-refractivity contribution in [1.82, 2.24) is 15.5 Å². The van der Waals surface area contributed by atoms with Gasteiger partial charge in [0.15, 0.2) is 5.76 Å². The zero-order valence-electron chi connectivity index (χ0n) is 16.0. The number of amides is 1. The number of nitrogens with zero attached hydrogens (tertiary/aromatic N) is 2. The smallest absolute Gasteiger partial charge is 0.238 e. The molecule has 0 fully saturated rings. The van der Waals surface area contributed by atoms with Gasteiger partial charge in [-0.3, -0.25) is 4.79 Å². The molecule has 0 aliphatic rings. The van der Waals surface area contributed by atoms with Crippen molar-refractivity contribution in [2.75, 3.05) is 0 Å². The van der Waals surface area contributed by atoms with Crippen LogP contribution in [0.25, 0.3) is 11.6 Å². The van der Waals surface area contributed by atoms with Crippen LogP contribution in [0.15, 0.2) is 81.9 Å². The van der Waals surface area contributed by atoms with Crippen LogP contribution in [0, 0.1) is 6.92 Å². The molecule has 0 saturated heterocycles. The number of carbonyl (C=O) groups excluding carboxylic acids is 1. The number of aromatic nitrogens is 2. The molecule has 4 rings (SSSR count). The molecule has 0 aliphatic heterocycles. The molecule has 0 radical (unpaired) electrons. The van der Waals surface area contributed by atoms with E-state index in [-0.39, 0.29) is 18.4 Å². The maximum atomic E-state index is 12.7. The van der Waals surface area contributed by atoms with Gasteiger partial charge in [-0.25, -0.2) is 0 Å². The van der Waals surface area contributed by atoms with Gasteiger partial charge < -0.3 is 14.3 Å². The summed E-state index contributed by atoms with van der Waals surface area (Å²) in [5.41, 5.74) is 3.24. The second-order valence-corrected chi connectivity index (χ2v) is 6.81. The van der Waals surface area contributed by atoms with E-state index >= 15 is 0 Å². The molecule has 0 spiro atoms. The van der Waals surface area contributed by atoms with Crippen LogP contribution in [0.5, 0.6) is 0 Å². The first kappa shape index (κ1) is 18.7. The Labute approximate surface area is 168 Å². The highest BCUT2D eigenvalue weighted by atomic mass is 16.5. The normalized spacial score (nSPS) is 11.9. The summed E-state index contributed by atoms with van der Waals surface area (Å²) >= 11 is 0. The van der Waals surface area contributed by atoms with E-state index in [0.717, 1.165) is 11.1 Å². The third kappa shape index (κ3) is 4.60. The molecule has 0 aliphatic carbocycles. The van der Waals surface area contributed by atoms with Gasteiger partial charge in [-0.05, 0) is 30.2 Å². The number of hydrogen-bond donors (Lipinski definition) is 1. The topological polar surface area (TPSA) is 81.2 Å². The Morgan fingerprint density at radius 1 is 1.00 bits per heavy atom. The number of rotatable bonds is 7. The molecule has 4 aromatic rings. The summed E-state index contributed by atoms with van der Waals surface area (Å²) < 4.78 is 10.5. The molecule has 1 N–H and O–H groups in total. The van der Waals surface area contributed by atoms with E-state index in [1.165, 1.54) is 5.56 Å². The monoisotopic (exact) mass is 387 g/mol. The average molecular weight is 387 g/mol. The van der Waals surface area contributed by atoms with Crippen LogP contribution in [0.4, 0.5) is 0 Å². The highest BCUT2D eigenvalue weighted by molar-refractivity contribution is 5.77. The molecule has 2 aromatic carbocycles. The summed E-state index contributed by atoms with van der Waals surface area (Å²) in [6.07, 6.45) is 2.15. The van der Waals surface area contributed by atoms with Crippen LogP contribution in [0.1, 0.15) is 35.0 Å². The van der Waals surface area contributed by atoms with Gasteiger partial charge >= 0.3 is 0 Å². The van der Waals surface area contributed by atoms with Crippen molar-refractivity contribution in [3.05, 3.63) is 95.6 Å². The molecule has 1 amide bonds. The first-order valence-corrected chi connectivity index (χ1v) is 9.46. The summed E-state index contributed by atoms with van der Waals surface area (Å²) in [5.74, 6) is 1.23. The Hall–Kier alpha value is -3.67. The molecule has 2 heterocycles. The Morgan fingerprint density at radius 2 is 1.76 bits per heavy atom. The standard InChI is InChI=1S/C23H21N3O3/c1-16-9-11-18(12-10-16)22(17-6-3-2-4-7-17)24-20(27)13-14-21-25-23(26-29-21)19-8-5-15-28-19/h2-12,15,22H,13-14H2,1H3,(H,24,27)/t22-/m0/s1. The number of benzene rings is 2. The van der Waals surface area contributed by atoms with Crippen molar-refractivity contribution >= 4 is 5.91 Å². The minimum atomic E-state index is -0.217. The maximum Gasteiger partial charge on any atom is 0.238 e. The van der Waals surface area contributed by atoms with Gasteiger partial charge in [-0.15, -0.1) is 0 Å². The van der Waals surface area contributed by atoms with E-state index in [9.17, 15) is 4.79 Å². The summed E-state index contributed by atoms with van der Waals surface area (Å²) in [4.78, 5) is 16.9. The van der Waals surface area contributed by atoms with Crippen molar-refractivity contribution in [1.29, 1.82) is 0 Å². The predicted molar refractivity (Wildman–Crippen MR) is 108 cm³/mol. The van der Waals surface area contributed by atoms with Crippen LogP contribution in [-0.2, 0) is 11.2 Å². The Bertz CT molecular complexity index is 1050. The first-order valence-electron chi connectivity index (χ1n) is 9.46. The molecular formula is C23H21N3O3. The molecule has 0 saturated carbocycles. The van der Waals surface area contributed by atoms with Gasteiger partial charge in [0.25, 0.3) is 0 Å². The summed E-state index contributed by atoms with van der Waals surface area (Å²) in [7, 11) is 0. The van der Waals surface area contributed by atoms with E-state index in [0.29, 0.717) is 23.9 Å². The zero-order valence-corrected chi connectivity index (χ0v) is 16.0. The van der Waals surface area contributed by atoms with Crippen molar-refractivity contribution < 1.29 is 13.7 Å². The Kier molecular flexibility index (Phi) is 5.52. The van der Waals surface area contributed by atoms with Gasteiger partial charge in [0, 0.05) is 12.8 Å². The van der Waals surface area contributed by atoms with Crippen LogP contribution in [0.3, 0.4) is 0 Å². The van der Waals surface area contributed by atoms with Crippen molar-refractivity contribution in [3.63, 3.8) is 0 Å². The fourth-order valence-corrected chi connectivity index (χ4v) is 3.08. The molecule has 0 unspecified atom stereocenters. The molecule has 1 atom stereocenters. The highest BCUT2D eigenvalue weighted by Gasteiger charge is 2.18. The quantitative estimate of drug-likeness (QED) is 0.506. The molecule has 6 nitrogen and oxygen atoms in total. The van der Waals surface area contributed by atoms with E-state index in [2.05, 4.69) is 15.5 Å². The van der Waals surface area contributed by atoms with E-state index < -0.39 is 0 Å². The maximum absolute atomic E-state index is 12.7. The number of carbonyl (C=O) groups is 1. The lowest BCUT2D eigenvalue weighted by molar-refractivity contribution is -0.121. The first-order chi connectivity index (χ1) is 14.2. The van der Waals surface area contributed by atoms with Gasteiger partial charge in [-0.2, -0.15) is 4.98 Å². The van der Waals surface area contributed by atoms with Gasteiger partial charge in [-0.1, -0.05) is 65.3 Å². The predicted octanol–water partition coefficient (Wildman–Crippen LogP) is 4.48. The van der Waals surface area contributed by atoms with Gasteiger partial charge in [0.1, 0.15) is 0 Å². The van der Waals surface area contributed by atoms with Crippen molar-refractivity contribution in [3.8, 4) is 11.6 Å². The molecule has 29 heavy (non-hydrogen) atoms. The molecule has 146 valence electrons. The van der Waals surface area contributed by atoms with E-state index in [1.54, 1.807) is 18.4 Å². The van der Waals surface area contributed by atoms with Crippen molar-refractivity contribution in [2.24, 2.45) is 0 Å². The van der Waals surface area contributed by atoms with Crippen molar-refractivity contribution in [2.45, 2.75) is 25.8 Å². The lowest BCUT2D eigenvalue weighted by Crippen LogP contribution is -2.29. The molecule has 0 bridgehead atoms. The number of nitrogens with one attached hydrogen (secondary N) is 1. The zero-order chi connectivity index (χ0) is 20.1. The molecular weight excluding hydrogens is 366 g/mol. The van der Waals surface area contributed by atoms with Gasteiger partial charge in [0.05, 0.1) is 12.3 Å². The lowest BCUT2D eigenvalue weighted by Gasteiger charge is -2.20. The summed E-state index contributed by atoms with van der Waals surface area (Å²) in [6, 6.07) is 21.4. The second kappa shape index (κ2) is 8.56. The summed E-state index contributed by atoms with van der Waals surface area (Å²) in [5, 5.41) is 7.02. The van der Waals surface area contributed by atoms with Crippen LogP contribution < -0.4 is 5.32 Å². The number of hydrogen-bond acceptors (Lipinski definition) is 5. The van der Waals surface area contributed by atoms with E-state index in [1.807, 2.05) is 61.5 Å². The fraction of sp³-hybridized carbons (Fsp3) is 0.174. The highest BCUT2D eigenvalue weighted by Crippen LogP contribution is 2.23. The third-order valence-corrected chi connectivity index (χ3v) is 4.62. The Balaban J connectivity index is 1.43. The molecule has 6 heteroatoms. The largest absolute Gasteiger partial charge is 0.461 e. The summed E-state index contributed by atoms with van der Waals surface area (Å²) in [6.45, 7) is 2.04. The Morgan fingerprint density at radius 3 is 2.48 bits per heavy atom. The minimum absolute atomic E-state index is 0.0859. The fourth-order valence-electron chi connectivity index (χ4n) is 3.08. The third-order valence-electron chi connectivity index (χ3n) is 4.62. The molecule has 2 aromatic heterocycles. The minimum Gasteiger partial charge on any atom is -0.461 e. The number of aryl methyl sites for hydroxylation is 2. The second-order valence-electron chi connectivity index (χ2n) is 6.81. The van der Waals surface area contributed by atoms with Crippen LogP contribution in [0.2, 0.25) is 0 Å². The van der Waals surface area contributed by atoms with E-state index in [4.69, 9.17) is 8.94 Å².